The Bertz CT molecular complexity index is 614. The summed E-state index contributed by atoms with van der Waals surface area (Å²) in [6, 6.07) is 11.4. The summed E-state index contributed by atoms with van der Waals surface area (Å²) in [7, 11) is 0. The molecule has 0 fully saturated rings. The van der Waals surface area contributed by atoms with Crippen LogP contribution in [0.5, 0.6) is 0 Å². The zero-order valence-electron chi connectivity index (χ0n) is 11.0. The molecule has 0 aliphatic heterocycles. The van der Waals surface area contributed by atoms with E-state index in [4.69, 9.17) is 40.6 Å². The molecule has 20 heavy (non-hydrogen) atoms. The van der Waals surface area contributed by atoms with E-state index in [-0.39, 0.29) is 6.04 Å². The van der Waals surface area contributed by atoms with Crippen LogP contribution < -0.4 is 11.3 Å². The molecule has 0 saturated carbocycles. The Hall–Kier alpha value is -0.770. The fourth-order valence-corrected chi connectivity index (χ4v) is 2.76. The smallest absolute Gasteiger partial charge is 0.0595 e. The van der Waals surface area contributed by atoms with Gasteiger partial charge in [0, 0.05) is 5.02 Å². The van der Waals surface area contributed by atoms with Crippen molar-refractivity contribution >= 4 is 34.8 Å². The van der Waals surface area contributed by atoms with E-state index in [1.165, 1.54) is 0 Å². The maximum absolute atomic E-state index is 6.28. The highest BCUT2D eigenvalue weighted by molar-refractivity contribution is 6.42. The van der Waals surface area contributed by atoms with Crippen LogP contribution in [0.3, 0.4) is 0 Å². The molecule has 5 heteroatoms. The second kappa shape index (κ2) is 6.79. The molecule has 2 nitrogen and oxygen atoms in total. The molecule has 0 bridgehead atoms. The average molecular weight is 330 g/mol. The Morgan fingerprint density at radius 2 is 1.75 bits per heavy atom. The van der Waals surface area contributed by atoms with Crippen LogP contribution >= 0.6 is 34.8 Å². The van der Waals surface area contributed by atoms with Gasteiger partial charge in [0.25, 0.3) is 0 Å². The maximum Gasteiger partial charge on any atom is 0.0595 e. The van der Waals surface area contributed by atoms with Gasteiger partial charge in [0.15, 0.2) is 0 Å². The highest BCUT2D eigenvalue weighted by Gasteiger charge is 2.14. The maximum atomic E-state index is 6.28. The molecule has 3 N–H and O–H groups in total. The molecule has 1 atom stereocenters. The molecule has 0 radical (unpaired) electrons. The molecule has 2 aromatic rings. The van der Waals surface area contributed by atoms with Gasteiger partial charge in [0.1, 0.15) is 0 Å². The number of rotatable bonds is 4. The highest BCUT2D eigenvalue weighted by atomic mass is 35.5. The molecule has 0 aliphatic rings. The summed E-state index contributed by atoms with van der Waals surface area (Å²) in [5.74, 6) is 5.66. The number of nitrogens with one attached hydrogen (secondary N) is 1. The van der Waals surface area contributed by atoms with E-state index < -0.39 is 0 Å². The van der Waals surface area contributed by atoms with Crippen LogP contribution in [0.15, 0.2) is 36.4 Å². The lowest BCUT2D eigenvalue weighted by Crippen LogP contribution is -2.29. The first-order chi connectivity index (χ1) is 9.51. The van der Waals surface area contributed by atoms with Crippen molar-refractivity contribution in [2.45, 2.75) is 19.4 Å². The summed E-state index contributed by atoms with van der Waals surface area (Å²) in [6.07, 6.45) is 0.677. The SMILES string of the molecule is Cc1ccc(C(Cc2ccc(Cl)c(Cl)c2)NN)c(Cl)c1. The minimum absolute atomic E-state index is 0.0830. The van der Waals surface area contributed by atoms with Crippen molar-refractivity contribution in [3.63, 3.8) is 0 Å². The second-order valence-corrected chi connectivity index (χ2v) is 5.92. The van der Waals surface area contributed by atoms with Crippen molar-refractivity contribution < 1.29 is 0 Å². The summed E-state index contributed by atoms with van der Waals surface area (Å²) in [5.41, 5.74) is 5.92. The van der Waals surface area contributed by atoms with Crippen molar-refractivity contribution in [3.05, 3.63) is 68.2 Å². The molecule has 1 unspecified atom stereocenters. The van der Waals surface area contributed by atoms with Crippen molar-refractivity contribution in [1.29, 1.82) is 0 Å². The van der Waals surface area contributed by atoms with Crippen molar-refractivity contribution in [2.24, 2.45) is 5.84 Å². The lowest BCUT2D eigenvalue weighted by Gasteiger charge is -2.18. The molecule has 0 spiro atoms. The predicted molar refractivity (Wildman–Crippen MR) is 86.4 cm³/mol. The van der Waals surface area contributed by atoms with Gasteiger partial charge in [0.05, 0.1) is 16.1 Å². The number of nitrogens with two attached hydrogens (primary N) is 1. The Kier molecular flexibility index (Phi) is 5.30. The lowest BCUT2D eigenvalue weighted by molar-refractivity contribution is 0.552. The number of halogens is 3. The normalized spacial score (nSPS) is 12.4. The molecular weight excluding hydrogens is 315 g/mol. The summed E-state index contributed by atoms with van der Waals surface area (Å²) in [4.78, 5) is 0. The largest absolute Gasteiger partial charge is 0.271 e. The first kappa shape index (κ1) is 15.6. The Morgan fingerprint density at radius 1 is 1.00 bits per heavy atom. The number of benzene rings is 2. The number of hydrazine groups is 1. The first-order valence-corrected chi connectivity index (χ1v) is 7.30. The zero-order valence-corrected chi connectivity index (χ0v) is 13.2. The third-order valence-electron chi connectivity index (χ3n) is 3.16. The van der Waals surface area contributed by atoms with E-state index in [0.29, 0.717) is 21.5 Å². The number of hydrogen-bond donors (Lipinski definition) is 2. The minimum atomic E-state index is -0.0830. The van der Waals surface area contributed by atoms with Crippen molar-refractivity contribution in [3.8, 4) is 0 Å². The summed E-state index contributed by atoms with van der Waals surface area (Å²) < 4.78 is 0. The van der Waals surface area contributed by atoms with Gasteiger partial charge >= 0.3 is 0 Å². The third-order valence-corrected chi connectivity index (χ3v) is 4.22. The van der Waals surface area contributed by atoms with Gasteiger partial charge in [-0.2, -0.15) is 0 Å². The van der Waals surface area contributed by atoms with E-state index in [9.17, 15) is 0 Å². The predicted octanol–water partition coefficient (Wildman–Crippen LogP) is 4.70. The fourth-order valence-electron chi connectivity index (χ4n) is 2.08. The van der Waals surface area contributed by atoms with Crippen LogP contribution in [-0.4, -0.2) is 0 Å². The van der Waals surface area contributed by atoms with Crippen LogP contribution in [0.2, 0.25) is 15.1 Å². The van der Waals surface area contributed by atoms with Crippen LogP contribution in [0, 0.1) is 6.92 Å². The monoisotopic (exact) mass is 328 g/mol. The molecular formula is C15H15Cl3N2. The topological polar surface area (TPSA) is 38.0 Å². The fraction of sp³-hybridized carbons (Fsp3) is 0.200. The summed E-state index contributed by atoms with van der Waals surface area (Å²) >= 11 is 18.2. The van der Waals surface area contributed by atoms with E-state index in [1.807, 2.05) is 37.3 Å². The highest BCUT2D eigenvalue weighted by Crippen LogP contribution is 2.28. The number of aryl methyl sites for hydroxylation is 1. The van der Waals surface area contributed by atoms with Crippen LogP contribution in [-0.2, 0) is 6.42 Å². The third kappa shape index (κ3) is 3.66. The molecule has 0 saturated heterocycles. The second-order valence-electron chi connectivity index (χ2n) is 4.70. The van der Waals surface area contributed by atoms with Crippen molar-refractivity contribution in [2.75, 3.05) is 0 Å². The number of hydrogen-bond acceptors (Lipinski definition) is 2. The quantitative estimate of drug-likeness (QED) is 0.630. The van der Waals surface area contributed by atoms with Gasteiger partial charge in [-0.3, -0.25) is 11.3 Å². The molecule has 106 valence electrons. The first-order valence-electron chi connectivity index (χ1n) is 6.17. The van der Waals surface area contributed by atoms with Crippen LogP contribution in [0.1, 0.15) is 22.7 Å². The van der Waals surface area contributed by atoms with E-state index in [0.717, 1.165) is 16.7 Å². The average Bonchev–Trinajstić information content (AvgIpc) is 2.41. The molecule has 0 aliphatic carbocycles. The van der Waals surface area contributed by atoms with E-state index in [1.54, 1.807) is 6.07 Å². The standard InChI is InChI=1S/C15H15Cl3N2/c1-9-2-4-11(13(17)6-9)15(20-19)8-10-3-5-12(16)14(18)7-10/h2-7,15,20H,8,19H2,1H3. The Labute approximate surface area is 133 Å². The Balaban J connectivity index is 2.26. The molecule has 0 aromatic heterocycles. The van der Waals surface area contributed by atoms with Gasteiger partial charge in [0.2, 0.25) is 0 Å². The minimum Gasteiger partial charge on any atom is -0.271 e. The van der Waals surface area contributed by atoms with Gasteiger partial charge < -0.3 is 0 Å². The lowest BCUT2D eigenvalue weighted by atomic mass is 9.98. The van der Waals surface area contributed by atoms with Gasteiger partial charge in [-0.25, -0.2) is 0 Å². The molecule has 2 rings (SSSR count). The summed E-state index contributed by atoms with van der Waals surface area (Å²) in [5, 5.41) is 1.78. The van der Waals surface area contributed by atoms with Gasteiger partial charge in [-0.1, -0.05) is 53.0 Å². The summed E-state index contributed by atoms with van der Waals surface area (Å²) in [6.45, 7) is 2.00. The van der Waals surface area contributed by atoms with E-state index in [2.05, 4.69) is 5.43 Å². The molecule has 2 aromatic carbocycles. The van der Waals surface area contributed by atoms with Crippen LogP contribution in [0.25, 0.3) is 0 Å². The molecule has 0 heterocycles. The van der Waals surface area contributed by atoms with E-state index >= 15 is 0 Å². The zero-order chi connectivity index (χ0) is 14.7. The Morgan fingerprint density at radius 3 is 2.35 bits per heavy atom. The van der Waals surface area contributed by atoms with Gasteiger partial charge in [-0.05, 0) is 48.2 Å². The molecule has 0 amide bonds. The van der Waals surface area contributed by atoms with Crippen LogP contribution in [0.4, 0.5) is 0 Å². The van der Waals surface area contributed by atoms with Crippen molar-refractivity contribution in [1.82, 2.24) is 5.43 Å². The van der Waals surface area contributed by atoms with Gasteiger partial charge in [-0.15, -0.1) is 0 Å².